The molecule has 0 N–H and O–H groups in total. The Kier molecular flexibility index (Phi) is 4.34. The average Bonchev–Trinajstić information content (AvgIpc) is 3.21. The second-order valence-electron chi connectivity index (χ2n) is 5.22. The largest absolute Gasteiger partial charge is 0.466 e. The van der Waals surface area contributed by atoms with Crippen LogP contribution < -0.4 is 4.87 Å². The summed E-state index contributed by atoms with van der Waals surface area (Å²) < 4.78 is 17.3. The van der Waals surface area contributed by atoms with Gasteiger partial charge >= 0.3 is 10.8 Å². The molecule has 0 atom stereocenters. The van der Waals surface area contributed by atoms with E-state index in [9.17, 15) is 9.59 Å². The van der Waals surface area contributed by atoms with E-state index in [1.807, 2.05) is 6.92 Å². The molecular weight excluding hydrogens is 334 g/mol. The molecule has 0 amide bonds. The molecule has 3 aromatic heterocycles. The van der Waals surface area contributed by atoms with Gasteiger partial charge in [0, 0.05) is 11.1 Å². The van der Waals surface area contributed by atoms with Crippen molar-refractivity contribution in [3.63, 3.8) is 0 Å². The van der Waals surface area contributed by atoms with E-state index >= 15 is 0 Å². The maximum atomic E-state index is 11.8. The Hall–Kier alpha value is -2.68. The van der Waals surface area contributed by atoms with Crippen LogP contribution in [-0.4, -0.2) is 20.7 Å². The van der Waals surface area contributed by atoms with Crippen LogP contribution in [0.25, 0.3) is 11.5 Å². The molecule has 0 saturated carbocycles. The monoisotopic (exact) mass is 349 g/mol. The quantitative estimate of drug-likeness (QED) is 0.651. The van der Waals surface area contributed by atoms with Crippen molar-refractivity contribution in [3.8, 4) is 11.5 Å². The van der Waals surface area contributed by atoms with Crippen LogP contribution in [0, 0.1) is 20.8 Å². The lowest BCUT2D eigenvalue weighted by Gasteiger charge is -2.04. The highest BCUT2D eigenvalue weighted by atomic mass is 32.1. The van der Waals surface area contributed by atoms with E-state index in [4.69, 9.17) is 13.6 Å². The number of esters is 1. The van der Waals surface area contributed by atoms with Gasteiger partial charge in [-0.15, -0.1) is 10.2 Å². The lowest BCUT2D eigenvalue weighted by atomic mass is 10.2. The minimum Gasteiger partial charge on any atom is -0.466 e. The third-order valence-corrected chi connectivity index (χ3v) is 4.24. The Morgan fingerprint density at radius 3 is 2.71 bits per heavy atom. The molecule has 0 aromatic carbocycles. The molecule has 0 radical (unpaired) electrons. The maximum absolute atomic E-state index is 11.8. The molecule has 0 aliphatic carbocycles. The van der Waals surface area contributed by atoms with Crippen LogP contribution in [0.4, 0.5) is 0 Å². The number of aromatic nitrogens is 3. The Morgan fingerprint density at radius 2 is 2.08 bits per heavy atom. The van der Waals surface area contributed by atoms with E-state index in [-0.39, 0.29) is 23.9 Å². The average molecular weight is 349 g/mol. The van der Waals surface area contributed by atoms with E-state index in [0.29, 0.717) is 22.9 Å². The Morgan fingerprint density at radius 1 is 1.29 bits per heavy atom. The normalized spacial score (nSPS) is 11.0. The van der Waals surface area contributed by atoms with E-state index in [1.54, 1.807) is 25.3 Å². The molecule has 9 heteroatoms. The van der Waals surface area contributed by atoms with Gasteiger partial charge in [0.2, 0.25) is 0 Å². The number of nitrogens with zero attached hydrogens (tertiary/aromatic N) is 3. The van der Waals surface area contributed by atoms with Gasteiger partial charge in [0.05, 0.1) is 5.56 Å². The highest BCUT2D eigenvalue weighted by Gasteiger charge is 2.16. The summed E-state index contributed by atoms with van der Waals surface area (Å²) in [5.74, 6) is 1.34. The number of furan rings is 1. The van der Waals surface area contributed by atoms with Crippen LogP contribution in [0.2, 0.25) is 0 Å². The number of aryl methyl sites for hydroxylation is 3. The SMILES string of the molecule is Cc1cc(-c2nnc(COC(=O)Cn3c(C)csc3=O)o2)c(C)o1. The summed E-state index contributed by atoms with van der Waals surface area (Å²) >= 11 is 1.04. The van der Waals surface area contributed by atoms with Crippen LogP contribution in [0.15, 0.2) is 25.1 Å². The zero-order chi connectivity index (χ0) is 17.3. The summed E-state index contributed by atoms with van der Waals surface area (Å²) in [7, 11) is 0. The molecule has 3 heterocycles. The van der Waals surface area contributed by atoms with Crippen LogP contribution in [0.1, 0.15) is 23.1 Å². The predicted octanol–water partition coefficient (Wildman–Crippen LogP) is 2.22. The fourth-order valence-electron chi connectivity index (χ4n) is 2.18. The van der Waals surface area contributed by atoms with Crippen molar-refractivity contribution in [2.75, 3.05) is 0 Å². The summed E-state index contributed by atoms with van der Waals surface area (Å²) in [6.45, 7) is 5.08. The second kappa shape index (κ2) is 6.44. The van der Waals surface area contributed by atoms with Gasteiger partial charge in [-0.25, -0.2) is 0 Å². The van der Waals surface area contributed by atoms with Crippen molar-refractivity contribution in [1.82, 2.24) is 14.8 Å². The first-order chi connectivity index (χ1) is 11.4. The third kappa shape index (κ3) is 3.30. The Bertz CT molecular complexity index is 933. The molecule has 0 unspecified atom stereocenters. The molecule has 0 spiro atoms. The summed E-state index contributed by atoms with van der Waals surface area (Å²) in [5.41, 5.74) is 1.42. The molecule has 0 fully saturated rings. The lowest BCUT2D eigenvalue weighted by Crippen LogP contribution is -2.22. The topological polar surface area (TPSA) is 100 Å². The maximum Gasteiger partial charge on any atom is 0.326 e. The Labute approximate surface area is 140 Å². The molecule has 0 aliphatic rings. The van der Waals surface area contributed by atoms with Crippen molar-refractivity contribution in [2.24, 2.45) is 0 Å². The predicted molar refractivity (Wildman–Crippen MR) is 84.6 cm³/mol. The summed E-state index contributed by atoms with van der Waals surface area (Å²) in [6, 6.07) is 1.80. The molecular formula is C15H15N3O5S. The van der Waals surface area contributed by atoms with Gasteiger partial charge in [-0.1, -0.05) is 11.3 Å². The summed E-state index contributed by atoms with van der Waals surface area (Å²) in [6.07, 6.45) is 0. The van der Waals surface area contributed by atoms with Crippen molar-refractivity contribution in [2.45, 2.75) is 33.9 Å². The van der Waals surface area contributed by atoms with Gasteiger partial charge in [-0.2, -0.15) is 0 Å². The van der Waals surface area contributed by atoms with Crippen molar-refractivity contribution in [1.29, 1.82) is 0 Å². The highest BCUT2D eigenvalue weighted by Crippen LogP contribution is 2.25. The van der Waals surface area contributed by atoms with E-state index < -0.39 is 5.97 Å². The van der Waals surface area contributed by atoms with Crippen molar-refractivity contribution >= 4 is 17.3 Å². The van der Waals surface area contributed by atoms with Crippen LogP contribution >= 0.6 is 11.3 Å². The van der Waals surface area contributed by atoms with E-state index in [0.717, 1.165) is 17.1 Å². The van der Waals surface area contributed by atoms with E-state index in [2.05, 4.69) is 10.2 Å². The lowest BCUT2D eigenvalue weighted by molar-refractivity contribution is -0.146. The number of thiazole rings is 1. The van der Waals surface area contributed by atoms with Crippen molar-refractivity contribution in [3.05, 3.63) is 44.2 Å². The summed E-state index contributed by atoms with van der Waals surface area (Å²) in [4.78, 5) is 23.2. The van der Waals surface area contributed by atoms with Crippen LogP contribution in [0.5, 0.6) is 0 Å². The zero-order valence-electron chi connectivity index (χ0n) is 13.4. The zero-order valence-corrected chi connectivity index (χ0v) is 14.2. The van der Waals surface area contributed by atoms with Crippen LogP contribution in [-0.2, 0) is 22.7 Å². The first-order valence-corrected chi connectivity index (χ1v) is 8.02. The van der Waals surface area contributed by atoms with Crippen LogP contribution in [0.3, 0.4) is 0 Å². The number of hydrogen-bond donors (Lipinski definition) is 0. The molecule has 0 aliphatic heterocycles. The molecule has 0 saturated heterocycles. The summed E-state index contributed by atoms with van der Waals surface area (Å²) in [5, 5.41) is 9.46. The van der Waals surface area contributed by atoms with Gasteiger partial charge < -0.3 is 13.6 Å². The third-order valence-electron chi connectivity index (χ3n) is 3.36. The fraction of sp³-hybridized carbons (Fsp3) is 0.333. The first-order valence-electron chi connectivity index (χ1n) is 7.14. The molecule has 24 heavy (non-hydrogen) atoms. The highest BCUT2D eigenvalue weighted by molar-refractivity contribution is 7.07. The van der Waals surface area contributed by atoms with Gasteiger partial charge in [-0.3, -0.25) is 14.2 Å². The number of ether oxygens (including phenoxy) is 1. The standard InChI is InChI=1S/C15H15N3O5S/c1-8-7-24-15(20)18(8)5-13(19)21-6-12-16-17-14(23-12)11-4-9(2)22-10(11)3/h4,7H,5-6H2,1-3H3. The van der Waals surface area contributed by atoms with Gasteiger partial charge in [-0.05, 0) is 26.8 Å². The fourth-order valence-corrected chi connectivity index (χ4v) is 2.91. The minimum absolute atomic E-state index is 0.144. The number of carbonyl (C=O) groups excluding carboxylic acids is 1. The molecule has 126 valence electrons. The van der Waals surface area contributed by atoms with Gasteiger partial charge in [0.15, 0.2) is 6.61 Å². The number of hydrogen-bond acceptors (Lipinski definition) is 8. The smallest absolute Gasteiger partial charge is 0.326 e. The van der Waals surface area contributed by atoms with Gasteiger partial charge in [0.1, 0.15) is 18.1 Å². The van der Waals surface area contributed by atoms with Crippen molar-refractivity contribution < 1.29 is 18.4 Å². The first kappa shape index (κ1) is 16.2. The van der Waals surface area contributed by atoms with E-state index in [1.165, 1.54) is 4.57 Å². The van der Waals surface area contributed by atoms with Gasteiger partial charge in [0.25, 0.3) is 11.8 Å². The Balaban J connectivity index is 1.62. The number of carbonyl (C=O) groups is 1. The molecule has 8 nitrogen and oxygen atoms in total. The molecule has 3 rings (SSSR count). The second-order valence-corrected chi connectivity index (χ2v) is 6.04. The minimum atomic E-state index is -0.548. The molecule has 0 bridgehead atoms. The molecule has 3 aromatic rings. The number of rotatable bonds is 5.